The van der Waals surface area contributed by atoms with Crippen molar-refractivity contribution in [3.8, 4) is 22.8 Å². The predicted octanol–water partition coefficient (Wildman–Crippen LogP) is 3.04. The number of fused-ring (bicyclic) bond motifs is 1. The molecule has 0 fully saturated rings. The van der Waals surface area contributed by atoms with Gasteiger partial charge in [-0.2, -0.15) is 24.3 Å². The first-order valence-electron chi connectivity index (χ1n) is 11.7. The largest absolute Gasteiger partial charge is 0.465 e. The predicted molar refractivity (Wildman–Crippen MR) is 137 cm³/mol. The van der Waals surface area contributed by atoms with Crippen LogP contribution in [0.1, 0.15) is 11.4 Å². The molecule has 10 heteroatoms. The van der Waals surface area contributed by atoms with Gasteiger partial charge in [0, 0.05) is 93.6 Å². The second-order valence-electron chi connectivity index (χ2n) is 9.31. The van der Waals surface area contributed by atoms with Crippen LogP contribution in [0.15, 0.2) is 59.7 Å². The molecule has 188 valence electrons. The number of likely N-dealkylation sites (N-methyl/N-ethyl adjacent to an activating group) is 2. The number of hydrogen-bond donors (Lipinski definition) is 0. The minimum absolute atomic E-state index is 0. The molecule has 0 aliphatic carbocycles. The molecule has 2 radical (unpaired) electrons. The number of carbonyl (C=O) groups excluding carboxylic acids is 2. The van der Waals surface area contributed by atoms with Crippen molar-refractivity contribution in [1.29, 1.82) is 0 Å². The van der Waals surface area contributed by atoms with Crippen molar-refractivity contribution in [2.75, 3.05) is 14.1 Å². The van der Waals surface area contributed by atoms with E-state index in [0.29, 0.717) is 22.5 Å². The molecule has 0 N–H and O–H groups in total. The molecule has 6 rings (SSSR count). The van der Waals surface area contributed by atoms with Gasteiger partial charge in [0.25, 0.3) is 11.8 Å². The number of nitrogens with zero attached hydrogens (tertiary/aromatic N) is 6. The van der Waals surface area contributed by atoms with Crippen LogP contribution in [0.5, 0.6) is 0 Å². The molecule has 2 aliphatic rings. The van der Waals surface area contributed by atoms with Crippen molar-refractivity contribution in [2.45, 2.75) is 0 Å². The van der Waals surface area contributed by atoms with E-state index in [-0.39, 0.29) is 77.2 Å². The summed E-state index contributed by atoms with van der Waals surface area (Å²) < 4.78 is 7.90. The maximum Gasteiger partial charge on any atom is 0.261 e. The van der Waals surface area contributed by atoms with Crippen molar-refractivity contribution in [2.24, 2.45) is 28.2 Å². The van der Waals surface area contributed by atoms with Gasteiger partial charge in [-0.25, -0.2) is 0 Å². The van der Waals surface area contributed by atoms with Gasteiger partial charge in [-0.15, -0.1) is 12.4 Å². The van der Waals surface area contributed by atoms with Gasteiger partial charge in [0.1, 0.15) is 0 Å². The van der Waals surface area contributed by atoms with Crippen molar-refractivity contribution >= 4 is 23.2 Å². The zero-order valence-corrected chi connectivity index (χ0v) is 27.9. The van der Waals surface area contributed by atoms with Crippen LogP contribution < -0.4 is 0 Å². The van der Waals surface area contributed by atoms with E-state index in [0.717, 1.165) is 34.2 Å². The van der Waals surface area contributed by atoms with E-state index in [9.17, 15) is 9.59 Å². The summed E-state index contributed by atoms with van der Waals surface area (Å²) in [4.78, 5) is 30.5. The summed E-state index contributed by atoms with van der Waals surface area (Å²) in [6, 6.07) is 15.7. The molecule has 0 aromatic carbocycles. The van der Waals surface area contributed by atoms with Crippen LogP contribution in [0, 0.1) is 12.4 Å². The Kier molecular flexibility index (Phi) is 7.85. The Balaban J connectivity index is 0.00000168. The monoisotopic (exact) mass is 656 g/mol. The van der Waals surface area contributed by atoms with E-state index >= 15 is 0 Å². The van der Waals surface area contributed by atoms with Gasteiger partial charge in [0.15, 0.2) is 0 Å². The molecular formula is C28H26N6O2Y2-2. The molecule has 0 unspecified atom stereocenters. The summed E-state index contributed by atoms with van der Waals surface area (Å²) in [6.07, 6.45) is 6.27. The van der Waals surface area contributed by atoms with Gasteiger partial charge in [-0.05, 0) is 49.7 Å². The van der Waals surface area contributed by atoms with E-state index in [4.69, 9.17) is 0 Å². The van der Waals surface area contributed by atoms with Gasteiger partial charge in [0.05, 0.1) is 33.9 Å². The van der Waals surface area contributed by atoms with E-state index in [1.807, 2.05) is 95.0 Å². The second kappa shape index (κ2) is 10.4. The fourth-order valence-electron chi connectivity index (χ4n) is 5.47. The number of rotatable bonds is 4. The first-order chi connectivity index (χ1) is 17.2. The van der Waals surface area contributed by atoms with Gasteiger partial charge in [-0.3, -0.25) is 9.59 Å². The quantitative estimate of drug-likeness (QED) is 0.318. The third kappa shape index (κ3) is 3.95. The molecular weight excluding hydrogens is 630 g/mol. The Morgan fingerprint density at radius 3 is 1.16 bits per heavy atom. The number of aromatic nitrogens is 4. The van der Waals surface area contributed by atoms with Crippen LogP contribution in [0.4, 0.5) is 0 Å². The molecule has 4 aromatic rings. The maximum atomic E-state index is 13.7. The SMILES string of the molecule is CN1C(=O)C2=C(c3ccc(-c4cc[c-]n4C)n3C)N(C)C(=O)C2=C1c1ccc(-c2cc[c-]n2C)n1C.[Y].[Y]. The Hall–Kier alpha value is -2.25. The summed E-state index contributed by atoms with van der Waals surface area (Å²) in [6.45, 7) is 0. The molecule has 6 heterocycles. The topological polar surface area (TPSA) is 60.3 Å². The molecule has 0 saturated heterocycles. The number of aryl methyl sites for hydroxylation is 2. The van der Waals surface area contributed by atoms with Crippen LogP contribution in [0.3, 0.4) is 0 Å². The van der Waals surface area contributed by atoms with E-state index in [2.05, 4.69) is 12.4 Å². The van der Waals surface area contributed by atoms with Crippen LogP contribution in [-0.2, 0) is 103 Å². The minimum Gasteiger partial charge on any atom is -0.465 e. The first kappa shape index (κ1) is 28.7. The average Bonchev–Trinajstić information content (AvgIpc) is 3.68. The van der Waals surface area contributed by atoms with E-state index in [1.165, 1.54) is 0 Å². The van der Waals surface area contributed by atoms with Crippen LogP contribution in [-0.4, -0.2) is 54.0 Å². The van der Waals surface area contributed by atoms with E-state index < -0.39 is 0 Å². The van der Waals surface area contributed by atoms with E-state index in [1.54, 1.807) is 23.9 Å². The van der Waals surface area contributed by atoms with Crippen LogP contribution in [0.25, 0.3) is 34.2 Å². The molecule has 38 heavy (non-hydrogen) atoms. The Bertz CT molecular complexity index is 1540. The fourth-order valence-corrected chi connectivity index (χ4v) is 5.47. The van der Waals surface area contributed by atoms with Crippen LogP contribution in [0.2, 0.25) is 0 Å². The molecule has 0 spiro atoms. The summed E-state index contributed by atoms with van der Waals surface area (Å²) in [5.74, 6) is -0.366. The molecule has 4 aromatic heterocycles. The molecule has 8 nitrogen and oxygen atoms in total. The number of carbonyl (C=O) groups is 2. The Morgan fingerprint density at radius 1 is 0.500 bits per heavy atom. The van der Waals surface area contributed by atoms with Crippen LogP contribution >= 0.6 is 0 Å². The smallest absolute Gasteiger partial charge is 0.261 e. The van der Waals surface area contributed by atoms with Crippen molar-refractivity contribution in [1.82, 2.24) is 28.1 Å². The van der Waals surface area contributed by atoms with Gasteiger partial charge in [-0.1, -0.05) is 11.4 Å². The Morgan fingerprint density at radius 2 is 0.842 bits per heavy atom. The third-order valence-electron chi connectivity index (χ3n) is 7.43. The van der Waals surface area contributed by atoms with Crippen molar-refractivity contribution < 1.29 is 75.0 Å². The summed E-state index contributed by atoms with van der Waals surface area (Å²) in [7, 11) is 11.3. The second-order valence-corrected chi connectivity index (χ2v) is 9.31. The molecule has 0 bridgehead atoms. The normalized spacial score (nSPS) is 15.0. The molecule has 2 amide bonds. The van der Waals surface area contributed by atoms with Gasteiger partial charge < -0.3 is 28.1 Å². The maximum absolute atomic E-state index is 13.7. The minimum atomic E-state index is -0.183. The standard InChI is InChI=1S/C28H26N6O2.2Y/c1-29-15-7-9-17(29)19-11-13-21(31(19)3)25-23-24(28(36)33(25)5)26(34(6)27(23)35)22-14-12-20(32(22)4)18-10-8-16-30(18)2;;/h7-14H,1-6H3;;/q-2;;. The first-order valence-corrected chi connectivity index (χ1v) is 11.7. The number of hydrogen-bond acceptors (Lipinski definition) is 2. The summed E-state index contributed by atoms with van der Waals surface area (Å²) >= 11 is 0. The zero-order chi connectivity index (χ0) is 25.5. The molecule has 0 atom stereocenters. The zero-order valence-electron chi connectivity index (χ0n) is 22.3. The molecule has 0 saturated carbocycles. The van der Waals surface area contributed by atoms with Gasteiger partial charge >= 0.3 is 0 Å². The van der Waals surface area contributed by atoms with Crippen molar-refractivity contribution in [3.63, 3.8) is 0 Å². The Labute approximate surface area is 272 Å². The fraction of sp³-hybridized carbons (Fsp3) is 0.214. The summed E-state index contributed by atoms with van der Waals surface area (Å²) in [5, 5.41) is 0. The van der Waals surface area contributed by atoms with Gasteiger partial charge in [0.2, 0.25) is 0 Å². The van der Waals surface area contributed by atoms with Crippen molar-refractivity contribution in [3.05, 3.63) is 83.5 Å². The third-order valence-corrected chi connectivity index (χ3v) is 7.43. The number of amides is 2. The molecule has 2 aliphatic heterocycles. The average molecular weight is 656 g/mol. The summed E-state index contributed by atoms with van der Waals surface area (Å²) in [5.41, 5.74) is 7.71.